The van der Waals surface area contributed by atoms with Crippen LogP contribution in [0.2, 0.25) is 0 Å². The van der Waals surface area contributed by atoms with E-state index in [4.69, 9.17) is 11.6 Å². The number of carbonyl (C=O) groups excluding carboxylic acids is 1. The van der Waals surface area contributed by atoms with E-state index >= 15 is 0 Å². The number of rotatable bonds is 5. The summed E-state index contributed by atoms with van der Waals surface area (Å²) in [5.74, 6) is 0.510. The molecule has 0 aliphatic carbocycles. The van der Waals surface area contributed by atoms with Gasteiger partial charge in [0.05, 0.1) is 0 Å². The number of likely N-dealkylation sites (N-methyl/N-ethyl adjacent to an activating group) is 1. The van der Waals surface area contributed by atoms with Crippen molar-refractivity contribution < 1.29 is 4.79 Å². The molecule has 0 aliphatic heterocycles. The van der Waals surface area contributed by atoms with E-state index in [0.717, 1.165) is 13.0 Å². The number of halogens is 1. The zero-order valence-electron chi connectivity index (χ0n) is 9.87. The Morgan fingerprint density at radius 1 is 1.44 bits per heavy atom. The molecule has 0 unspecified atom stereocenters. The zero-order valence-corrected chi connectivity index (χ0v) is 10.6. The molecule has 0 heterocycles. The lowest BCUT2D eigenvalue weighted by Gasteiger charge is -2.16. The monoisotopic (exact) mass is 239 g/mol. The first-order chi connectivity index (χ1) is 7.63. The van der Waals surface area contributed by atoms with Crippen LogP contribution < -0.4 is 0 Å². The second-order valence-corrected chi connectivity index (χ2v) is 4.37. The van der Waals surface area contributed by atoms with Crippen molar-refractivity contribution >= 4 is 17.5 Å². The number of hydrogen-bond donors (Lipinski definition) is 0. The fraction of sp³-hybridized carbons (Fsp3) is 0.462. The number of hydrogen-bond acceptors (Lipinski definition) is 1. The van der Waals surface area contributed by atoms with Crippen molar-refractivity contribution in [3.8, 4) is 0 Å². The van der Waals surface area contributed by atoms with Crippen molar-refractivity contribution in [2.24, 2.45) is 0 Å². The Morgan fingerprint density at radius 3 is 2.81 bits per heavy atom. The number of amides is 1. The first-order valence-electron chi connectivity index (χ1n) is 5.49. The smallest absolute Gasteiger partial charge is 0.223 e. The molecule has 0 N–H and O–H groups in total. The predicted molar refractivity (Wildman–Crippen MR) is 67.9 cm³/mol. The van der Waals surface area contributed by atoms with Crippen LogP contribution in [0.5, 0.6) is 0 Å². The van der Waals surface area contributed by atoms with E-state index in [1.807, 2.05) is 13.1 Å². The maximum absolute atomic E-state index is 11.5. The normalized spacial score (nSPS) is 10.2. The van der Waals surface area contributed by atoms with Gasteiger partial charge in [0, 0.05) is 25.9 Å². The molecule has 3 heteroatoms. The van der Waals surface area contributed by atoms with Gasteiger partial charge in [-0.1, -0.05) is 29.8 Å². The summed E-state index contributed by atoms with van der Waals surface area (Å²) in [6.45, 7) is 2.82. The molecule has 1 amide bonds. The van der Waals surface area contributed by atoms with Gasteiger partial charge in [-0.2, -0.15) is 0 Å². The molecule has 0 aliphatic rings. The van der Waals surface area contributed by atoms with Crippen LogP contribution in [0.15, 0.2) is 24.3 Å². The van der Waals surface area contributed by atoms with E-state index < -0.39 is 0 Å². The van der Waals surface area contributed by atoms with E-state index in [2.05, 4.69) is 25.1 Å². The number of alkyl halides is 1. The molecule has 16 heavy (non-hydrogen) atoms. The summed E-state index contributed by atoms with van der Waals surface area (Å²) in [6, 6.07) is 8.36. The maximum Gasteiger partial charge on any atom is 0.223 e. The Balaban J connectivity index is 2.42. The van der Waals surface area contributed by atoms with Gasteiger partial charge < -0.3 is 4.90 Å². The highest BCUT2D eigenvalue weighted by Gasteiger charge is 2.07. The molecule has 2 nitrogen and oxygen atoms in total. The molecule has 0 atom stereocenters. The van der Waals surface area contributed by atoms with Crippen molar-refractivity contribution in [2.75, 3.05) is 19.5 Å². The number of nitrogens with zero attached hydrogens (tertiary/aromatic N) is 1. The maximum atomic E-state index is 11.5. The lowest BCUT2D eigenvalue weighted by Crippen LogP contribution is -2.28. The topological polar surface area (TPSA) is 20.3 Å². The van der Waals surface area contributed by atoms with Crippen LogP contribution in [0.4, 0.5) is 0 Å². The average Bonchev–Trinajstić information content (AvgIpc) is 2.26. The second-order valence-electron chi connectivity index (χ2n) is 3.99. The molecule has 1 aromatic carbocycles. The molecule has 0 spiro atoms. The first-order valence-corrected chi connectivity index (χ1v) is 6.02. The Kier molecular flexibility index (Phi) is 5.33. The minimum atomic E-state index is 0.114. The van der Waals surface area contributed by atoms with Crippen LogP contribution in [-0.2, 0) is 11.2 Å². The molecule has 0 aromatic heterocycles. The van der Waals surface area contributed by atoms with E-state index in [9.17, 15) is 4.79 Å². The summed E-state index contributed by atoms with van der Waals surface area (Å²) >= 11 is 5.53. The van der Waals surface area contributed by atoms with E-state index in [1.54, 1.807) is 4.90 Å². The van der Waals surface area contributed by atoms with Gasteiger partial charge in [0.25, 0.3) is 0 Å². The third-order valence-corrected chi connectivity index (χ3v) is 2.74. The predicted octanol–water partition coefficient (Wildman–Crippen LogP) is 2.62. The standard InChI is InChI=1S/C13H18ClNO/c1-11-4-3-5-12(10-11)7-9-15(2)13(16)6-8-14/h3-5,10H,6-9H2,1-2H3. The molecule has 88 valence electrons. The SMILES string of the molecule is Cc1cccc(CCN(C)C(=O)CCCl)c1. The van der Waals surface area contributed by atoms with Crippen molar-refractivity contribution in [3.05, 3.63) is 35.4 Å². The highest BCUT2D eigenvalue weighted by Crippen LogP contribution is 2.05. The Morgan fingerprint density at radius 2 is 2.19 bits per heavy atom. The lowest BCUT2D eigenvalue weighted by atomic mass is 10.1. The first kappa shape index (κ1) is 13.0. The zero-order chi connectivity index (χ0) is 12.0. The average molecular weight is 240 g/mol. The van der Waals surface area contributed by atoms with Crippen LogP contribution in [-0.4, -0.2) is 30.3 Å². The van der Waals surface area contributed by atoms with Gasteiger partial charge in [-0.25, -0.2) is 0 Å². The van der Waals surface area contributed by atoms with Crippen LogP contribution in [0.1, 0.15) is 17.5 Å². The fourth-order valence-electron chi connectivity index (χ4n) is 1.56. The molecule has 1 aromatic rings. The molecule has 0 saturated carbocycles. The van der Waals surface area contributed by atoms with Gasteiger partial charge in [0.15, 0.2) is 0 Å². The van der Waals surface area contributed by atoms with Gasteiger partial charge in [-0.05, 0) is 18.9 Å². The van der Waals surface area contributed by atoms with Crippen molar-refractivity contribution in [1.29, 1.82) is 0 Å². The largest absolute Gasteiger partial charge is 0.345 e. The quantitative estimate of drug-likeness (QED) is 0.724. The summed E-state index contributed by atoms with van der Waals surface area (Å²) in [5.41, 5.74) is 2.53. The molecule has 0 radical (unpaired) electrons. The molecule has 0 saturated heterocycles. The van der Waals surface area contributed by atoms with Gasteiger partial charge in [-0.3, -0.25) is 4.79 Å². The molecule has 0 fully saturated rings. The van der Waals surface area contributed by atoms with Crippen molar-refractivity contribution in [1.82, 2.24) is 4.90 Å². The third kappa shape index (κ3) is 4.23. The van der Waals surface area contributed by atoms with Gasteiger partial charge >= 0.3 is 0 Å². The van der Waals surface area contributed by atoms with Crippen molar-refractivity contribution in [2.45, 2.75) is 19.8 Å². The van der Waals surface area contributed by atoms with E-state index in [-0.39, 0.29) is 5.91 Å². The molecular formula is C13H18ClNO. The molecular weight excluding hydrogens is 222 g/mol. The summed E-state index contributed by atoms with van der Waals surface area (Å²) in [5, 5.41) is 0. The van der Waals surface area contributed by atoms with Gasteiger partial charge in [0.2, 0.25) is 5.91 Å². The number of benzene rings is 1. The lowest BCUT2D eigenvalue weighted by molar-refractivity contribution is -0.129. The van der Waals surface area contributed by atoms with Gasteiger partial charge in [0.1, 0.15) is 0 Å². The molecule has 1 rings (SSSR count). The van der Waals surface area contributed by atoms with Gasteiger partial charge in [-0.15, -0.1) is 11.6 Å². The van der Waals surface area contributed by atoms with E-state index in [1.165, 1.54) is 11.1 Å². The third-order valence-electron chi connectivity index (χ3n) is 2.55. The van der Waals surface area contributed by atoms with Crippen LogP contribution in [0, 0.1) is 6.92 Å². The highest BCUT2D eigenvalue weighted by atomic mass is 35.5. The number of carbonyl (C=O) groups is 1. The van der Waals surface area contributed by atoms with Crippen LogP contribution in [0.3, 0.4) is 0 Å². The Hall–Kier alpha value is -1.02. The Labute approximate surface area is 102 Å². The fourth-order valence-corrected chi connectivity index (χ4v) is 1.72. The second kappa shape index (κ2) is 6.54. The molecule has 0 bridgehead atoms. The van der Waals surface area contributed by atoms with Crippen LogP contribution in [0.25, 0.3) is 0 Å². The summed E-state index contributed by atoms with van der Waals surface area (Å²) in [6.07, 6.45) is 1.32. The summed E-state index contributed by atoms with van der Waals surface area (Å²) < 4.78 is 0. The minimum absolute atomic E-state index is 0.114. The van der Waals surface area contributed by atoms with Crippen molar-refractivity contribution in [3.63, 3.8) is 0 Å². The summed E-state index contributed by atoms with van der Waals surface area (Å²) in [7, 11) is 1.82. The highest BCUT2D eigenvalue weighted by molar-refractivity contribution is 6.18. The Bertz CT molecular complexity index is 352. The number of aryl methyl sites for hydroxylation is 1. The summed E-state index contributed by atoms with van der Waals surface area (Å²) in [4.78, 5) is 13.2. The minimum Gasteiger partial charge on any atom is -0.345 e. The van der Waals surface area contributed by atoms with Crippen LogP contribution >= 0.6 is 11.6 Å². The van der Waals surface area contributed by atoms with E-state index in [0.29, 0.717) is 12.3 Å².